The van der Waals surface area contributed by atoms with Gasteiger partial charge in [-0.1, -0.05) is 35.9 Å². The Kier molecular flexibility index (Phi) is 4.76. The fraction of sp³-hybridized carbons (Fsp3) is 0.238. The number of carbonyl (C=O) groups is 1. The van der Waals surface area contributed by atoms with Gasteiger partial charge >= 0.3 is 0 Å². The second kappa shape index (κ2) is 7.34. The minimum atomic E-state index is -0.134. The number of carbonyl (C=O) groups excluding carboxylic acids is 1. The largest absolute Gasteiger partial charge is 0.481 e. The summed E-state index contributed by atoms with van der Waals surface area (Å²) in [6.45, 7) is -0.0496. The van der Waals surface area contributed by atoms with Gasteiger partial charge in [0.05, 0.1) is 11.1 Å². The third-order valence-corrected chi connectivity index (χ3v) is 5.07. The molecule has 0 radical (unpaired) electrons. The summed E-state index contributed by atoms with van der Waals surface area (Å²) in [7, 11) is 0. The van der Waals surface area contributed by atoms with Gasteiger partial charge in [-0.2, -0.15) is 0 Å². The third kappa shape index (κ3) is 3.37. The van der Waals surface area contributed by atoms with E-state index in [-0.39, 0.29) is 18.6 Å². The second-order valence-corrected chi connectivity index (χ2v) is 6.85. The number of hydrogen-bond acceptors (Lipinski definition) is 3. The fourth-order valence-corrected chi connectivity index (χ4v) is 3.73. The van der Waals surface area contributed by atoms with E-state index in [1.807, 2.05) is 24.3 Å². The molecule has 0 fully saturated rings. The van der Waals surface area contributed by atoms with Crippen LogP contribution in [0.25, 0.3) is 10.9 Å². The van der Waals surface area contributed by atoms with Crippen molar-refractivity contribution in [2.75, 3.05) is 6.61 Å². The molecule has 1 heterocycles. The van der Waals surface area contributed by atoms with Gasteiger partial charge in [0.25, 0.3) is 5.91 Å². The molecule has 0 spiro atoms. The summed E-state index contributed by atoms with van der Waals surface area (Å²) in [4.78, 5) is 16.7. The lowest BCUT2D eigenvalue weighted by Crippen LogP contribution is -2.34. The SMILES string of the molecule is O=C(COc1ccc(Cl)c2cccnc12)N[C@@H]1CCCc2ccccc21. The molecule has 4 rings (SSSR count). The van der Waals surface area contributed by atoms with E-state index in [0.29, 0.717) is 16.3 Å². The Morgan fingerprint density at radius 1 is 1.19 bits per heavy atom. The number of fused-ring (bicyclic) bond motifs is 2. The van der Waals surface area contributed by atoms with E-state index in [2.05, 4.69) is 22.4 Å². The highest BCUT2D eigenvalue weighted by atomic mass is 35.5. The first-order valence-corrected chi connectivity index (χ1v) is 9.13. The molecule has 5 heteroatoms. The summed E-state index contributed by atoms with van der Waals surface area (Å²) in [6, 6.07) is 15.6. The molecule has 3 aromatic rings. The van der Waals surface area contributed by atoms with Crippen LogP contribution in [-0.4, -0.2) is 17.5 Å². The molecule has 4 nitrogen and oxygen atoms in total. The average Bonchev–Trinajstić information content (AvgIpc) is 2.68. The van der Waals surface area contributed by atoms with Gasteiger partial charge < -0.3 is 10.1 Å². The van der Waals surface area contributed by atoms with Gasteiger partial charge in [-0.3, -0.25) is 9.78 Å². The van der Waals surface area contributed by atoms with Crippen molar-refractivity contribution in [2.24, 2.45) is 0 Å². The molecule has 0 saturated heterocycles. The standard InChI is InChI=1S/C21H19ClN2O2/c22-17-10-11-19(21-16(17)8-4-12-23-21)26-13-20(25)24-18-9-3-6-14-5-1-2-7-15(14)18/h1-2,4-5,7-8,10-12,18H,3,6,9,13H2,(H,24,25)/t18-/m1/s1. The number of aromatic nitrogens is 1. The van der Waals surface area contributed by atoms with Gasteiger partial charge in [-0.25, -0.2) is 0 Å². The van der Waals surface area contributed by atoms with Crippen molar-refractivity contribution in [3.63, 3.8) is 0 Å². The number of halogens is 1. The first-order valence-electron chi connectivity index (χ1n) is 8.75. The monoisotopic (exact) mass is 366 g/mol. The second-order valence-electron chi connectivity index (χ2n) is 6.44. The number of benzene rings is 2. The van der Waals surface area contributed by atoms with Gasteiger partial charge in [-0.15, -0.1) is 0 Å². The maximum atomic E-state index is 12.4. The fourth-order valence-electron chi connectivity index (χ4n) is 3.51. The molecule has 0 aliphatic heterocycles. The van der Waals surface area contributed by atoms with Crippen LogP contribution in [0, 0.1) is 0 Å². The quantitative estimate of drug-likeness (QED) is 0.741. The lowest BCUT2D eigenvalue weighted by atomic mass is 9.88. The Morgan fingerprint density at radius 2 is 2.08 bits per heavy atom. The molecule has 0 unspecified atom stereocenters. The van der Waals surface area contributed by atoms with Crippen molar-refractivity contribution >= 4 is 28.4 Å². The topological polar surface area (TPSA) is 51.2 Å². The number of aryl methyl sites for hydroxylation is 1. The number of nitrogens with zero attached hydrogens (tertiary/aromatic N) is 1. The molecule has 1 aromatic heterocycles. The van der Waals surface area contributed by atoms with Crippen LogP contribution in [0.3, 0.4) is 0 Å². The third-order valence-electron chi connectivity index (χ3n) is 4.74. The number of amides is 1. The summed E-state index contributed by atoms with van der Waals surface area (Å²) < 4.78 is 5.73. The molecular formula is C21H19ClN2O2. The lowest BCUT2D eigenvalue weighted by molar-refractivity contribution is -0.123. The van der Waals surface area contributed by atoms with Crippen LogP contribution in [0.5, 0.6) is 5.75 Å². The van der Waals surface area contributed by atoms with Crippen LogP contribution < -0.4 is 10.1 Å². The lowest BCUT2D eigenvalue weighted by Gasteiger charge is -2.26. The highest BCUT2D eigenvalue weighted by Gasteiger charge is 2.21. The van der Waals surface area contributed by atoms with E-state index >= 15 is 0 Å². The molecular weight excluding hydrogens is 348 g/mol. The molecule has 1 amide bonds. The molecule has 1 atom stereocenters. The molecule has 1 aliphatic carbocycles. The van der Waals surface area contributed by atoms with E-state index in [4.69, 9.17) is 16.3 Å². The summed E-state index contributed by atoms with van der Waals surface area (Å²) in [5.74, 6) is 0.426. The van der Waals surface area contributed by atoms with Crippen LogP contribution in [0.4, 0.5) is 0 Å². The minimum absolute atomic E-state index is 0.0496. The van der Waals surface area contributed by atoms with E-state index in [9.17, 15) is 4.79 Å². The molecule has 0 bridgehead atoms. The van der Waals surface area contributed by atoms with Crippen LogP contribution in [-0.2, 0) is 11.2 Å². The molecule has 2 aromatic carbocycles. The molecule has 0 saturated carbocycles. The first-order chi connectivity index (χ1) is 12.7. The van der Waals surface area contributed by atoms with Gasteiger partial charge in [0.1, 0.15) is 11.3 Å². The Hall–Kier alpha value is -2.59. The van der Waals surface area contributed by atoms with E-state index in [1.165, 1.54) is 11.1 Å². The maximum absolute atomic E-state index is 12.4. The number of hydrogen-bond donors (Lipinski definition) is 1. The van der Waals surface area contributed by atoms with Crippen molar-refractivity contribution < 1.29 is 9.53 Å². The van der Waals surface area contributed by atoms with Gasteiger partial charge in [0.15, 0.2) is 6.61 Å². The van der Waals surface area contributed by atoms with E-state index < -0.39 is 0 Å². The highest BCUT2D eigenvalue weighted by Crippen LogP contribution is 2.30. The van der Waals surface area contributed by atoms with Crippen molar-refractivity contribution in [1.82, 2.24) is 10.3 Å². The zero-order valence-corrected chi connectivity index (χ0v) is 15.0. The van der Waals surface area contributed by atoms with Crippen molar-refractivity contribution in [3.8, 4) is 5.75 Å². The van der Waals surface area contributed by atoms with Crippen molar-refractivity contribution in [1.29, 1.82) is 0 Å². The zero-order chi connectivity index (χ0) is 17.9. The summed E-state index contributed by atoms with van der Waals surface area (Å²) in [5, 5.41) is 4.52. The smallest absolute Gasteiger partial charge is 0.258 e. The first kappa shape index (κ1) is 16.9. The van der Waals surface area contributed by atoms with E-state index in [0.717, 1.165) is 24.6 Å². The number of ether oxygens (including phenoxy) is 1. The van der Waals surface area contributed by atoms with Gasteiger partial charge in [0, 0.05) is 11.6 Å². The predicted molar refractivity (Wildman–Crippen MR) is 103 cm³/mol. The van der Waals surface area contributed by atoms with Crippen molar-refractivity contribution in [3.05, 3.63) is 70.9 Å². The molecule has 1 aliphatic rings. The summed E-state index contributed by atoms with van der Waals surface area (Å²) in [6.07, 6.45) is 4.79. The molecule has 26 heavy (non-hydrogen) atoms. The van der Waals surface area contributed by atoms with Crippen LogP contribution in [0.15, 0.2) is 54.7 Å². The van der Waals surface area contributed by atoms with Crippen LogP contribution in [0.2, 0.25) is 5.02 Å². The molecule has 1 N–H and O–H groups in total. The summed E-state index contributed by atoms with van der Waals surface area (Å²) in [5.41, 5.74) is 3.19. The van der Waals surface area contributed by atoms with Crippen molar-refractivity contribution in [2.45, 2.75) is 25.3 Å². The van der Waals surface area contributed by atoms with Crippen LogP contribution in [0.1, 0.15) is 30.0 Å². The Labute approximate surface area is 157 Å². The van der Waals surface area contributed by atoms with Crippen LogP contribution >= 0.6 is 11.6 Å². The van der Waals surface area contributed by atoms with Gasteiger partial charge in [0.2, 0.25) is 0 Å². The minimum Gasteiger partial charge on any atom is -0.481 e. The Bertz CT molecular complexity index is 958. The predicted octanol–water partition coefficient (Wildman–Crippen LogP) is 4.46. The summed E-state index contributed by atoms with van der Waals surface area (Å²) >= 11 is 6.19. The van der Waals surface area contributed by atoms with Gasteiger partial charge in [-0.05, 0) is 54.7 Å². The number of pyridine rings is 1. The maximum Gasteiger partial charge on any atom is 0.258 e. The zero-order valence-electron chi connectivity index (χ0n) is 14.2. The Morgan fingerprint density at radius 3 is 3.00 bits per heavy atom. The molecule has 132 valence electrons. The number of nitrogens with one attached hydrogen (secondary N) is 1. The average molecular weight is 367 g/mol. The highest BCUT2D eigenvalue weighted by molar-refractivity contribution is 6.35. The van der Waals surface area contributed by atoms with E-state index in [1.54, 1.807) is 18.3 Å². The Balaban J connectivity index is 1.45. The normalized spacial score (nSPS) is 16.1. The number of rotatable bonds is 4.